The molecular formula is C11H20ClN3O. The van der Waals surface area contributed by atoms with Crippen molar-refractivity contribution in [2.75, 3.05) is 6.54 Å². The lowest BCUT2D eigenvalue weighted by Crippen LogP contribution is -2.17. The maximum absolute atomic E-state index is 5.17. The Hall–Kier alpha value is -0.610. The molecule has 0 atom stereocenters. The Kier molecular flexibility index (Phi) is 4.33. The van der Waals surface area contributed by atoms with E-state index in [1.54, 1.807) is 0 Å². The topological polar surface area (TPSA) is 51.0 Å². The van der Waals surface area contributed by atoms with Crippen molar-refractivity contribution in [2.24, 2.45) is 5.92 Å². The third-order valence-corrected chi connectivity index (χ3v) is 2.55. The highest BCUT2D eigenvalue weighted by atomic mass is 35.5. The molecule has 0 radical (unpaired) electrons. The third kappa shape index (κ3) is 3.76. The summed E-state index contributed by atoms with van der Waals surface area (Å²) in [5, 5.41) is 7.31. The Morgan fingerprint density at radius 3 is 2.56 bits per heavy atom. The van der Waals surface area contributed by atoms with E-state index in [4.69, 9.17) is 4.52 Å². The van der Waals surface area contributed by atoms with Gasteiger partial charge in [-0.15, -0.1) is 12.4 Å². The van der Waals surface area contributed by atoms with Crippen molar-refractivity contribution in [3.8, 4) is 0 Å². The molecule has 0 saturated heterocycles. The van der Waals surface area contributed by atoms with Crippen molar-refractivity contribution < 1.29 is 4.52 Å². The standard InChI is InChI=1S/C11H19N3O.ClH/c1-11(2,3)10-13-9(15-14-10)7-12-6-8-4-5-8;/h8,12H,4-7H2,1-3H3;1H. The van der Waals surface area contributed by atoms with Crippen LogP contribution in [-0.2, 0) is 12.0 Å². The van der Waals surface area contributed by atoms with Gasteiger partial charge in [0.05, 0.1) is 6.54 Å². The minimum Gasteiger partial charge on any atom is -0.338 e. The molecule has 1 aromatic heterocycles. The molecule has 1 heterocycles. The van der Waals surface area contributed by atoms with E-state index in [1.165, 1.54) is 12.8 Å². The van der Waals surface area contributed by atoms with E-state index in [9.17, 15) is 0 Å². The summed E-state index contributed by atoms with van der Waals surface area (Å²) in [6.07, 6.45) is 2.73. The Labute approximate surface area is 103 Å². The fourth-order valence-corrected chi connectivity index (χ4v) is 1.34. The second-order valence-corrected chi connectivity index (χ2v) is 5.34. The lowest BCUT2D eigenvalue weighted by molar-refractivity contribution is 0.354. The first-order valence-electron chi connectivity index (χ1n) is 5.59. The van der Waals surface area contributed by atoms with Crippen LogP contribution in [0.1, 0.15) is 45.3 Å². The minimum atomic E-state index is -0.0295. The van der Waals surface area contributed by atoms with Crippen molar-refractivity contribution in [2.45, 2.75) is 45.6 Å². The molecule has 0 spiro atoms. The van der Waals surface area contributed by atoms with Crippen molar-refractivity contribution in [3.05, 3.63) is 11.7 Å². The van der Waals surface area contributed by atoms with Gasteiger partial charge in [0.1, 0.15) is 0 Å². The summed E-state index contributed by atoms with van der Waals surface area (Å²) < 4.78 is 5.17. The third-order valence-electron chi connectivity index (χ3n) is 2.55. The summed E-state index contributed by atoms with van der Waals surface area (Å²) in [6.45, 7) is 8.02. The van der Waals surface area contributed by atoms with Crippen LogP contribution in [0.15, 0.2) is 4.52 Å². The van der Waals surface area contributed by atoms with Gasteiger partial charge in [-0.1, -0.05) is 25.9 Å². The van der Waals surface area contributed by atoms with Crippen LogP contribution < -0.4 is 5.32 Å². The van der Waals surface area contributed by atoms with Gasteiger partial charge >= 0.3 is 0 Å². The van der Waals surface area contributed by atoms with Crippen LogP contribution >= 0.6 is 12.4 Å². The second-order valence-electron chi connectivity index (χ2n) is 5.34. The summed E-state index contributed by atoms with van der Waals surface area (Å²) in [4.78, 5) is 4.36. The van der Waals surface area contributed by atoms with Crippen molar-refractivity contribution in [3.63, 3.8) is 0 Å². The van der Waals surface area contributed by atoms with Gasteiger partial charge in [0, 0.05) is 5.41 Å². The van der Waals surface area contributed by atoms with Crippen LogP contribution in [0.5, 0.6) is 0 Å². The molecule has 2 rings (SSSR count). The van der Waals surface area contributed by atoms with E-state index >= 15 is 0 Å². The number of hydrogen-bond acceptors (Lipinski definition) is 4. The molecule has 1 saturated carbocycles. The van der Waals surface area contributed by atoms with Crippen LogP contribution in [-0.4, -0.2) is 16.7 Å². The van der Waals surface area contributed by atoms with Gasteiger partial charge in [-0.05, 0) is 25.3 Å². The first-order valence-corrected chi connectivity index (χ1v) is 5.59. The van der Waals surface area contributed by atoms with E-state index < -0.39 is 0 Å². The Bertz CT molecular complexity index is 328. The maximum atomic E-state index is 5.17. The fraction of sp³-hybridized carbons (Fsp3) is 0.818. The molecule has 1 N–H and O–H groups in total. The van der Waals surface area contributed by atoms with Gasteiger partial charge in [0.2, 0.25) is 5.89 Å². The summed E-state index contributed by atoms with van der Waals surface area (Å²) in [7, 11) is 0. The molecule has 0 bridgehead atoms. The van der Waals surface area contributed by atoms with Crippen LogP contribution in [0.4, 0.5) is 0 Å². The zero-order valence-corrected chi connectivity index (χ0v) is 10.9. The number of nitrogens with one attached hydrogen (secondary N) is 1. The van der Waals surface area contributed by atoms with Crippen LogP contribution in [0.3, 0.4) is 0 Å². The van der Waals surface area contributed by atoms with E-state index in [-0.39, 0.29) is 17.8 Å². The second kappa shape index (κ2) is 5.15. The number of halogens is 1. The Balaban J connectivity index is 0.00000128. The molecule has 1 fully saturated rings. The summed E-state index contributed by atoms with van der Waals surface area (Å²) in [6, 6.07) is 0. The first kappa shape index (κ1) is 13.5. The van der Waals surface area contributed by atoms with Crippen molar-refractivity contribution in [1.82, 2.24) is 15.5 Å². The fourth-order valence-electron chi connectivity index (χ4n) is 1.34. The highest BCUT2D eigenvalue weighted by Crippen LogP contribution is 2.27. The molecule has 0 unspecified atom stereocenters. The number of aromatic nitrogens is 2. The molecule has 92 valence electrons. The first-order chi connectivity index (χ1) is 7.05. The lowest BCUT2D eigenvalue weighted by Gasteiger charge is -2.10. The predicted molar refractivity (Wildman–Crippen MR) is 64.7 cm³/mol. The SMILES string of the molecule is CC(C)(C)c1noc(CNCC2CC2)n1.Cl. The summed E-state index contributed by atoms with van der Waals surface area (Å²) >= 11 is 0. The van der Waals surface area contributed by atoms with E-state index in [0.29, 0.717) is 12.4 Å². The van der Waals surface area contributed by atoms with Gasteiger partial charge in [0.15, 0.2) is 5.82 Å². The van der Waals surface area contributed by atoms with E-state index in [2.05, 4.69) is 36.2 Å². The molecule has 4 nitrogen and oxygen atoms in total. The highest BCUT2D eigenvalue weighted by molar-refractivity contribution is 5.85. The molecule has 1 aliphatic rings. The van der Waals surface area contributed by atoms with Gasteiger partial charge < -0.3 is 9.84 Å². The van der Waals surface area contributed by atoms with Gasteiger partial charge in [-0.2, -0.15) is 4.98 Å². The monoisotopic (exact) mass is 245 g/mol. The molecule has 16 heavy (non-hydrogen) atoms. The molecule has 5 heteroatoms. The summed E-state index contributed by atoms with van der Waals surface area (Å²) in [5.74, 6) is 2.36. The van der Waals surface area contributed by atoms with Gasteiger partial charge in [-0.25, -0.2) is 0 Å². The molecular weight excluding hydrogens is 226 g/mol. The van der Waals surface area contributed by atoms with E-state index in [1.807, 2.05) is 0 Å². The summed E-state index contributed by atoms with van der Waals surface area (Å²) in [5.41, 5.74) is -0.0295. The average Bonchev–Trinajstić information content (AvgIpc) is 2.80. The zero-order valence-electron chi connectivity index (χ0n) is 10.1. The zero-order chi connectivity index (χ0) is 10.9. The maximum Gasteiger partial charge on any atom is 0.240 e. The van der Waals surface area contributed by atoms with Gasteiger partial charge in [0.25, 0.3) is 0 Å². The van der Waals surface area contributed by atoms with Crippen molar-refractivity contribution in [1.29, 1.82) is 0 Å². The Morgan fingerprint density at radius 2 is 2.06 bits per heavy atom. The number of hydrogen-bond donors (Lipinski definition) is 1. The highest BCUT2D eigenvalue weighted by Gasteiger charge is 2.22. The molecule has 0 aromatic carbocycles. The van der Waals surface area contributed by atoms with Crippen LogP contribution in [0, 0.1) is 5.92 Å². The van der Waals surface area contributed by atoms with E-state index in [0.717, 1.165) is 18.3 Å². The molecule has 0 amide bonds. The van der Waals surface area contributed by atoms with Gasteiger partial charge in [-0.3, -0.25) is 0 Å². The normalized spacial score (nSPS) is 15.9. The molecule has 1 aromatic rings. The molecule has 1 aliphatic carbocycles. The lowest BCUT2D eigenvalue weighted by atomic mass is 9.96. The minimum absolute atomic E-state index is 0. The number of rotatable bonds is 4. The largest absolute Gasteiger partial charge is 0.338 e. The predicted octanol–water partition coefficient (Wildman–Crippen LogP) is 2.29. The van der Waals surface area contributed by atoms with Crippen molar-refractivity contribution >= 4 is 12.4 Å². The van der Waals surface area contributed by atoms with Crippen LogP contribution in [0.2, 0.25) is 0 Å². The average molecular weight is 246 g/mol. The quantitative estimate of drug-likeness (QED) is 0.884. The van der Waals surface area contributed by atoms with Crippen LogP contribution in [0.25, 0.3) is 0 Å². The number of nitrogens with zero attached hydrogens (tertiary/aromatic N) is 2. The Morgan fingerprint density at radius 1 is 1.38 bits per heavy atom. The smallest absolute Gasteiger partial charge is 0.240 e. The molecule has 0 aliphatic heterocycles.